The van der Waals surface area contributed by atoms with Gasteiger partial charge in [0.25, 0.3) is 0 Å². The first-order chi connectivity index (χ1) is 9.11. The van der Waals surface area contributed by atoms with E-state index < -0.39 is 0 Å². The number of hydrogen-bond donors (Lipinski definition) is 1. The standard InChI is InChI=1S/C14H13ClN2S2/c1-8-3-6-12(18-8)9(2)16-14-17-11-5-4-10(15)7-13(11)19-14/h3-7,9H,1-2H3,(H,16,17). The van der Waals surface area contributed by atoms with Crippen molar-refractivity contribution in [2.75, 3.05) is 5.32 Å². The molecule has 0 aliphatic carbocycles. The molecule has 1 N–H and O–H groups in total. The lowest BCUT2D eigenvalue weighted by Crippen LogP contribution is -2.03. The van der Waals surface area contributed by atoms with Gasteiger partial charge < -0.3 is 5.32 Å². The molecule has 1 unspecified atom stereocenters. The summed E-state index contributed by atoms with van der Waals surface area (Å²) in [4.78, 5) is 7.24. The predicted molar refractivity (Wildman–Crippen MR) is 85.7 cm³/mol. The van der Waals surface area contributed by atoms with Gasteiger partial charge in [-0.2, -0.15) is 0 Å². The number of anilines is 1. The Hall–Kier alpha value is -1.10. The van der Waals surface area contributed by atoms with Crippen molar-refractivity contribution in [3.63, 3.8) is 0 Å². The van der Waals surface area contributed by atoms with Gasteiger partial charge in [-0.05, 0) is 44.2 Å². The van der Waals surface area contributed by atoms with E-state index in [1.165, 1.54) is 9.75 Å². The van der Waals surface area contributed by atoms with Crippen molar-refractivity contribution in [3.05, 3.63) is 45.1 Å². The third kappa shape index (κ3) is 2.76. The normalized spacial score (nSPS) is 12.8. The van der Waals surface area contributed by atoms with Gasteiger partial charge in [0, 0.05) is 14.8 Å². The van der Waals surface area contributed by atoms with Crippen LogP contribution < -0.4 is 5.32 Å². The van der Waals surface area contributed by atoms with Gasteiger partial charge in [-0.3, -0.25) is 0 Å². The molecule has 3 rings (SSSR count). The van der Waals surface area contributed by atoms with E-state index in [9.17, 15) is 0 Å². The quantitative estimate of drug-likeness (QED) is 0.691. The highest BCUT2D eigenvalue weighted by molar-refractivity contribution is 7.22. The van der Waals surface area contributed by atoms with Crippen molar-refractivity contribution < 1.29 is 0 Å². The Labute approximate surface area is 125 Å². The Morgan fingerprint density at radius 3 is 2.79 bits per heavy atom. The van der Waals surface area contributed by atoms with E-state index in [4.69, 9.17) is 11.6 Å². The van der Waals surface area contributed by atoms with Crippen molar-refractivity contribution in [1.82, 2.24) is 4.98 Å². The monoisotopic (exact) mass is 308 g/mol. The van der Waals surface area contributed by atoms with E-state index in [2.05, 4.69) is 36.3 Å². The number of benzene rings is 1. The highest BCUT2D eigenvalue weighted by Crippen LogP contribution is 2.31. The van der Waals surface area contributed by atoms with Gasteiger partial charge in [-0.1, -0.05) is 22.9 Å². The number of thiazole rings is 1. The van der Waals surface area contributed by atoms with Crippen LogP contribution >= 0.6 is 34.3 Å². The van der Waals surface area contributed by atoms with E-state index in [-0.39, 0.29) is 6.04 Å². The first-order valence-electron chi connectivity index (χ1n) is 6.01. The Bertz CT molecular complexity index is 717. The molecular formula is C14H13ClN2S2. The van der Waals surface area contributed by atoms with Crippen LogP contribution in [0.1, 0.15) is 22.7 Å². The summed E-state index contributed by atoms with van der Waals surface area (Å²) in [5.41, 5.74) is 0.992. The van der Waals surface area contributed by atoms with E-state index in [0.717, 1.165) is 20.4 Å². The number of aryl methyl sites for hydroxylation is 1. The molecule has 98 valence electrons. The third-order valence-corrected chi connectivity index (χ3v) is 5.25. The molecule has 3 aromatic rings. The van der Waals surface area contributed by atoms with Crippen LogP contribution in [0.4, 0.5) is 5.13 Å². The minimum absolute atomic E-state index is 0.273. The fraction of sp³-hybridized carbons (Fsp3) is 0.214. The Kier molecular flexibility index (Phi) is 3.48. The molecule has 0 amide bonds. The van der Waals surface area contributed by atoms with E-state index in [0.29, 0.717) is 0 Å². The maximum atomic E-state index is 5.99. The first-order valence-corrected chi connectivity index (χ1v) is 8.02. The second-order valence-electron chi connectivity index (χ2n) is 4.45. The Morgan fingerprint density at radius 1 is 1.21 bits per heavy atom. The highest BCUT2D eigenvalue weighted by Gasteiger charge is 2.10. The SMILES string of the molecule is Cc1ccc(C(C)Nc2nc3ccc(Cl)cc3s2)s1. The number of nitrogens with zero attached hydrogens (tertiary/aromatic N) is 1. The van der Waals surface area contributed by atoms with Crippen LogP contribution in [0.5, 0.6) is 0 Å². The number of fused-ring (bicyclic) bond motifs is 1. The molecule has 2 heterocycles. The molecule has 0 spiro atoms. The molecule has 19 heavy (non-hydrogen) atoms. The molecule has 0 bridgehead atoms. The lowest BCUT2D eigenvalue weighted by Gasteiger charge is -2.10. The minimum Gasteiger partial charge on any atom is -0.354 e. The van der Waals surface area contributed by atoms with E-state index >= 15 is 0 Å². The molecule has 0 aliphatic heterocycles. The second kappa shape index (κ2) is 5.12. The third-order valence-electron chi connectivity index (χ3n) is 2.88. The summed E-state index contributed by atoms with van der Waals surface area (Å²) in [6, 6.07) is 10.4. The van der Waals surface area contributed by atoms with Crippen LogP contribution in [0.15, 0.2) is 30.3 Å². The Balaban J connectivity index is 1.85. The van der Waals surface area contributed by atoms with Crippen molar-refractivity contribution in [1.29, 1.82) is 0 Å². The summed E-state index contributed by atoms with van der Waals surface area (Å²) in [7, 11) is 0. The van der Waals surface area contributed by atoms with Gasteiger partial charge in [0.15, 0.2) is 5.13 Å². The van der Waals surface area contributed by atoms with Crippen molar-refractivity contribution in [3.8, 4) is 0 Å². The van der Waals surface area contributed by atoms with Crippen molar-refractivity contribution in [2.24, 2.45) is 0 Å². The number of hydrogen-bond acceptors (Lipinski definition) is 4. The molecule has 0 fully saturated rings. The number of aromatic nitrogens is 1. The van der Waals surface area contributed by atoms with Crippen LogP contribution in [0.2, 0.25) is 5.02 Å². The summed E-state index contributed by atoms with van der Waals surface area (Å²) in [5.74, 6) is 0. The largest absolute Gasteiger partial charge is 0.354 e. The van der Waals surface area contributed by atoms with Gasteiger partial charge in [-0.15, -0.1) is 11.3 Å². The van der Waals surface area contributed by atoms with E-state index in [1.54, 1.807) is 11.3 Å². The van der Waals surface area contributed by atoms with Crippen molar-refractivity contribution in [2.45, 2.75) is 19.9 Å². The molecule has 5 heteroatoms. The number of halogens is 1. The van der Waals surface area contributed by atoms with Crippen LogP contribution in [0, 0.1) is 6.92 Å². The lowest BCUT2D eigenvalue weighted by molar-refractivity contribution is 0.905. The van der Waals surface area contributed by atoms with Crippen LogP contribution in [0.25, 0.3) is 10.2 Å². The molecule has 2 nitrogen and oxygen atoms in total. The molecular weight excluding hydrogens is 296 g/mol. The van der Waals surface area contributed by atoms with Crippen LogP contribution in [0.3, 0.4) is 0 Å². The van der Waals surface area contributed by atoms with Gasteiger partial charge >= 0.3 is 0 Å². The molecule has 1 aromatic carbocycles. The van der Waals surface area contributed by atoms with Crippen LogP contribution in [-0.4, -0.2) is 4.98 Å². The van der Waals surface area contributed by atoms with E-state index in [1.807, 2.05) is 29.5 Å². The fourth-order valence-electron chi connectivity index (χ4n) is 1.90. The zero-order chi connectivity index (χ0) is 13.4. The summed E-state index contributed by atoms with van der Waals surface area (Å²) in [5, 5.41) is 5.15. The second-order valence-corrected chi connectivity index (χ2v) is 7.23. The summed E-state index contributed by atoms with van der Waals surface area (Å²) in [6.45, 7) is 4.28. The zero-order valence-electron chi connectivity index (χ0n) is 10.6. The lowest BCUT2D eigenvalue weighted by atomic mass is 10.3. The first kappa shape index (κ1) is 12.9. The average Bonchev–Trinajstić information content (AvgIpc) is 2.94. The summed E-state index contributed by atoms with van der Waals surface area (Å²) < 4.78 is 1.12. The van der Waals surface area contributed by atoms with Crippen molar-refractivity contribution >= 4 is 49.6 Å². The Morgan fingerprint density at radius 2 is 2.05 bits per heavy atom. The van der Waals surface area contributed by atoms with Gasteiger partial charge in [-0.25, -0.2) is 4.98 Å². The summed E-state index contributed by atoms with van der Waals surface area (Å²) in [6.07, 6.45) is 0. The molecule has 0 aliphatic rings. The minimum atomic E-state index is 0.273. The smallest absolute Gasteiger partial charge is 0.184 e. The fourth-order valence-corrected chi connectivity index (χ4v) is 4.01. The van der Waals surface area contributed by atoms with Crippen LogP contribution in [-0.2, 0) is 0 Å². The zero-order valence-corrected chi connectivity index (χ0v) is 13.0. The maximum Gasteiger partial charge on any atom is 0.184 e. The van der Waals surface area contributed by atoms with Gasteiger partial charge in [0.2, 0.25) is 0 Å². The number of thiophene rings is 1. The van der Waals surface area contributed by atoms with Gasteiger partial charge in [0.05, 0.1) is 16.3 Å². The summed E-state index contributed by atoms with van der Waals surface area (Å²) >= 11 is 9.45. The number of nitrogens with one attached hydrogen (secondary N) is 1. The number of rotatable bonds is 3. The molecule has 2 aromatic heterocycles. The highest BCUT2D eigenvalue weighted by atomic mass is 35.5. The van der Waals surface area contributed by atoms with Gasteiger partial charge in [0.1, 0.15) is 0 Å². The maximum absolute atomic E-state index is 5.99. The molecule has 0 saturated carbocycles. The topological polar surface area (TPSA) is 24.9 Å². The molecule has 1 atom stereocenters. The molecule has 0 saturated heterocycles. The predicted octanol–water partition coefficient (Wildman–Crippen LogP) is 5.49. The average molecular weight is 309 g/mol. The molecule has 0 radical (unpaired) electrons.